The van der Waals surface area contributed by atoms with E-state index in [1.807, 2.05) is 37.3 Å². The van der Waals surface area contributed by atoms with Crippen molar-refractivity contribution in [2.45, 2.75) is 11.8 Å². The van der Waals surface area contributed by atoms with Crippen molar-refractivity contribution in [1.29, 1.82) is 0 Å². The summed E-state index contributed by atoms with van der Waals surface area (Å²) < 4.78 is 36.3. The highest BCUT2D eigenvalue weighted by Crippen LogP contribution is 2.32. The number of hydrogen-bond donors (Lipinski definition) is 0. The number of thiazole rings is 1. The predicted octanol–water partition coefficient (Wildman–Crippen LogP) is 2.75. The minimum atomic E-state index is -3.45. The minimum Gasteiger partial charge on any atom is -0.484 e. The molecule has 8 nitrogen and oxygen atoms in total. The fourth-order valence-corrected chi connectivity index (χ4v) is 5.51. The Hall–Kier alpha value is -2.53. The van der Waals surface area contributed by atoms with Gasteiger partial charge in [-0.15, -0.1) is 0 Å². The quantitative estimate of drug-likeness (QED) is 0.481. The number of rotatable bonds is 8. The molecule has 1 aromatic heterocycles. The van der Waals surface area contributed by atoms with Crippen molar-refractivity contribution in [1.82, 2.24) is 9.88 Å². The molecule has 4 rings (SSSR count). The van der Waals surface area contributed by atoms with E-state index in [4.69, 9.17) is 9.47 Å². The van der Waals surface area contributed by atoms with E-state index in [1.165, 1.54) is 11.3 Å². The maximum absolute atomic E-state index is 13.2. The van der Waals surface area contributed by atoms with Crippen LogP contribution in [0.1, 0.15) is 5.56 Å². The zero-order valence-electron chi connectivity index (χ0n) is 18.7. The molecule has 0 saturated carbocycles. The van der Waals surface area contributed by atoms with E-state index in [0.717, 1.165) is 29.6 Å². The van der Waals surface area contributed by atoms with Crippen molar-refractivity contribution >= 4 is 42.4 Å². The Kier molecular flexibility index (Phi) is 7.28. The summed E-state index contributed by atoms with van der Waals surface area (Å²) in [5.41, 5.74) is 1.50. The SMILES string of the molecule is Cc1ccc(OCC(=O)N(CCN2CCOCC2)c2nc3c(S(C)(=O)=O)cccc3s2)cc1. The van der Waals surface area contributed by atoms with Crippen LogP contribution in [0, 0.1) is 6.92 Å². The highest BCUT2D eigenvalue weighted by molar-refractivity contribution is 7.91. The number of aryl methyl sites for hydroxylation is 1. The van der Waals surface area contributed by atoms with Crippen LogP contribution in [-0.2, 0) is 19.4 Å². The lowest BCUT2D eigenvalue weighted by molar-refractivity contribution is -0.120. The summed E-state index contributed by atoms with van der Waals surface area (Å²) in [5.74, 6) is 0.384. The first-order chi connectivity index (χ1) is 15.8. The predicted molar refractivity (Wildman–Crippen MR) is 129 cm³/mol. The van der Waals surface area contributed by atoms with Gasteiger partial charge in [-0.3, -0.25) is 14.6 Å². The topological polar surface area (TPSA) is 89.0 Å². The molecule has 0 atom stereocenters. The molecular formula is C23H27N3O5S2. The molecule has 176 valence electrons. The van der Waals surface area contributed by atoms with Gasteiger partial charge in [-0.1, -0.05) is 35.1 Å². The summed E-state index contributed by atoms with van der Waals surface area (Å²) in [5, 5.41) is 0.465. The maximum Gasteiger partial charge on any atom is 0.266 e. The van der Waals surface area contributed by atoms with E-state index >= 15 is 0 Å². The van der Waals surface area contributed by atoms with E-state index in [2.05, 4.69) is 9.88 Å². The van der Waals surface area contributed by atoms with Gasteiger partial charge < -0.3 is 9.47 Å². The molecular weight excluding hydrogens is 462 g/mol. The van der Waals surface area contributed by atoms with Gasteiger partial charge in [0.1, 0.15) is 11.3 Å². The number of sulfone groups is 1. The van der Waals surface area contributed by atoms with E-state index < -0.39 is 9.84 Å². The molecule has 33 heavy (non-hydrogen) atoms. The van der Waals surface area contributed by atoms with Gasteiger partial charge in [0, 0.05) is 32.4 Å². The molecule has 2 aromatic carbocycles. The van der Waals surface area contributed by atoms with Crippen molar-refractivity contribution < 1.29 is 22.7 Å². The molecule has 1 saturated heterocycles. The monoisotopic (exact) mass is 489 g/mol. The van der Waals surface area contributed by atoms with Gasteiger partial charge in [0.25, 0.3) is 5.91 Å². The van der Waals surface area contributed by atoms with Gasteiger partial charge >= 0.3 is 0 Å². The number of nitrogens with zero attached hydrogens (tertiary/aromatic N) is 3. The maximum atomic E-state index is 13.2. The van der Waals surface area contributed by atoms with Gasteiger partial charge in [-0.2, -0.15) is 0 Å². The fraction of sp³-hybridized carbons (Fsp3) is 0.391. The number of carbonyl (C=O) groups is 1. The fourth-order valence-electron chi connectivity index (χ4n) is 3.58. The van der Waals surface area contributed by atoms with Crippen LogP contribution in [0.2, 0.25) is 0 Å². The largest absolute Gasteiger partial charge is 0.484 e. The molecule has 2 heterocycles. The summed E-state index contributed by atoms with van der Waals surface area (Å²) >= 11 is 1.30. The summed E-state index contributed by atoms with van der Waals surface area (Å²) in [6.07, 6.45) is 1.16. The van der Waals surface area contributed by atoms with Gasteiger partial charge in [-0.25, -0.2) is 13.4 Å². The number of anilines is 1. The number of amides is 1. The Morgan fingerprint density at radius 3 is 2.61 bits per heavy atom. The Bertz CT molecular complexity index is 1220. The summed E-state index contributed by atoms with van der Waals surface area (Å²) in [4.78, 5) is 21.8. The van der Waals surface area contributed by atoms with E-state index in [-0.39, 0.29) is 17.4 Å². The number of para-hydroxylation sites is 1. The van der Waals surface area contributed by atoms with Crippen LogP contribution in [0.25, 0.3) is 10.2 Å². The van der Waals surface area contributed by atoms with Gasteiger partial charge in [0.15, 0.2) is 21.6 Å². The number of benzene rings is 2. The molecule has 1 aliphatic heterocycles. The summed E-state index contributed by atoms with van der Waals surface area (Å²) in [7, 11) is -3.45. The first-order valence-corrected chi connectivity index (χ1v) is 13.4. The van der Waals surface area contributed by atoms with Gasteiger partial charge in [-0.05, 0) is 31.2 Å². The average Bonchev–Trinajstić information content (AvgIpc) is 3.22. The molecule has 1 amide bonds. The van der Waals surface area contributed by atoms with Crippen molar-refractivity contribution in [2.75, 3.05) is 57.2 Å². The molecule has 0 aliphatic carbocycles. The standard InChI is InChI=1S/C23H27N3O5S2/c1-17-6-8-18(9-7-17)31-16-21(27)26(11-10-25-12-14-30-15-13-25)23-24-22-19(32-23)4-3-5-20(22)33(2,28)29/h3-9H,10-16H2,1-2H3. The molecule has 0 radical (unpaired) electrons. The second-order valence-corrected chi connectivity index (χ2v) is 11.0. The molecule has 0 spiro atoms. The summed E-state index contributed by atoms with van der Waals surface area (Å²) in [6.45, 7) is 5.88. The highest BCUT2D eigenvalue weighted by Gasteiger charge is 2.24. The van der Waals surface area contributed by atoms with E-state index in [0.29, 0.717) is 42.7 Å². The number of fused-ring (bicyclic) bond motifs is 1. The third kappa shape index (κ3) is 5.89. The van der Waals surface area contributed by atoms with Crippen LogP contribution < -0.4 is 9.64 Å². The number of morpholine rings is 1. The minimum absolute atomic E-state index is 0.138. The van der Waals surface area contributed by atoms with Crippen molar-refractivity contribution in [3.05, 3.63) is 48.0 Å². The molecule has 10 heteroatoms. The third-order valence-electron chi connectivity index (χ3n) is 5.43. The zero-order valence-corrected chi connectivity index (χ0v) is 20.3. The van der Waals surface area contributed by atoms with Crippen LogP contribution in [0.4, 0.5) is 5.13 Å². The smallest absolute Gasteiger partial charge is 0.266 e. The van der Waals surface area contributed by atoms with Gasteiger partial charge in [0.05, 0.1) is 22.8 Å². The van der Waals surface area contributed by atoms with Crippen LogP contribution in [0.3, 0.4) is 0 Å². The Morgan fingerprint density at radius 1 is 1.18 bits per heavy atom. The van der Waals surface area contributed by atoms with Crippen LogP contribution in [-0.4, -0.2) is 76.5 Å². The molecule has 1 aliphatic rings. The molecule has 0 N–H and O–H groups in total. The molecule has 3 aromatic rings. The Morgan fingerprint density at radius 2 is 1.91 bits per heavy atom. The number of aromatic nitrogens is 1. The van der Waals surface area contributed by atoms with Crippen molar-refractivity contribution in [2.24, 2.45) is 0 Å². The Labute approximate surface area is 197 Å². The molecule has 0 bridgehead atoms. The van der Waals surface area contributed by atoms with E-state index in [9.17, 15) is 13.2 Å². The van der Waals surface area contributed by atoms with Gasteiger partial charge in [0.2, 0.25) is 0 Å². The van der Waals surface area contributed by atoms with Crippen molar-refractivity contribution in [3.8, 4) is 5.75 Å². The molecule has 1 fully saturated rings. The van der Waals surface area contributed by atoms with Crippen LogP contribution in [0.15, 0.2) is 47.4 Å². The third-order valence-corrected chi connectivity index (χ3v) is 7.60. The summed E-state index contributed by atoms with van der Waals surface area (Å²) in [6, 6.07) is 12.6. The number of hydrogen-bond acceptors (Lipinski definition) is 8. The lowest BCUT2D eigenvalue weighted by Gasteiger charge is -2.29. The lowest BCUT2D eigenvalue weighted by atomic mass is 10.2. The van der Waals surface area contributed by atoms with Crippen LogP contribution in [0.5, 0.6) is 5.75 Å². The second kappa shape index (κ2) is 10.2. The average molecular weight is 490 g/mol. The van der Waals surface area contributed by atoms with E-state index in [1.54, 1.807) is 17.0 Å². The normalized spacial score (nSPS) is 15.0. The Balaban J connectivity index is 1.58. The lowest BCUT2D eigenvalue weighted by Crippen LogP contribution is -2.44. The second-order valence-electron chi connectivity index (χ2n) is 7.97. The zero-order chi connectivity index (χ0) is 23.4. The molecule has 0 unspecified atom stereocenters. The first-order valence-electron chi connectivity index (χ1n) is 10.7. The first kappa shape index (κ1) is 23.6. The highest BCUT2D eigenvalue weighted by atomic mass is 32.2. The van der Waals surface area contributed by atoms with Crippen molar-refractivity contribution in [3.63, 3.8) is 0 Å². The number of ether oxygens (including phenoxy) is 2. The number of carbonyl (C=O) groups excluding carboxylic acids is 1. The van der Waals surface area contributed by atoms with Crippen LogP contribution >= 0.6 is 11.3 Å².